The van der Waals surface area contributed by atoms with Gasteiger partial charge in [-0.05, 0) is 68.5 Å². The standard InChI is InChI=1S/C18H21N3O/c1-20-7-3-13(4-8-20)18-16-11-17-15(5-9-21(17)12-22)10-14(16)2-6-19-18/h2,6,10-13H,3-5,7-9H2,1H3. The van der Waals surface area contributed by atoms with Gasteiger partial charge in [-0.15, -0.1) is 0 Å². The minimum Gasteiger partial charge on any atom is -0.314 e. The van der Waals surface area contributed by atoms with E-state index in [1.165, 1.54) is 22.0 Å². The van der Waals surface area contributed by atoms with Gasteiger partial charge in [0.05, 0.1) is 5.69 Å². The number of pyridine rings is 1. The Hall–Kier alpha value is -1.94. The van der Waals surface area contributed by atoms with Crippen LogP contribution in [0, 0.1) is 0 Å². The second-order valence-corrected chi connectivity index (χ2v) is 6.52. The lowest BCUT2D eigenvalue weighted by Gasteiger charge is -2.29. The van der Waals surface area contributed by atoms with Crippen molar-refractivity contribution in [2.75, 3.05) is 31.6 Å². The maximum absolute atomic E-state index is 11.2. The van der Waals surface area contributed by atoms with Crippen molar-refractivity contribution >= 4 is 22.9 Å². The predicted octanol–water partition coefficient (Wildman–Crippen LogP) is 2.56. The van der Waals surface area contributed by atoms with Crippen molar-refractivity contribution in [2.24, 2.45) is 0 Å². The first kappa shape index (κ1) is 13.7. The van der Waals surface area contributed by atoms with Crippen molar-refractivity contribution in [3.63, 3.8) is 0 Å². The second kappa shape index (κ2) is 5.36. The first-order valence-electron chi connectivity index (χ1n) is 8.08. The molecule has 22 heavy (non-hydrogen) atoms. The van der Waals surface area contributed by atoms with Crippen molar-refractivity contribution in [1.82, 2.24) is 9.88 Å². The molecule has 2 aromatic rings. The van der Waals surface area contributed by atoms with Crippen LogP contribution in [0.2, 0.25) is 0 Å². The maximum Gasteiger partial charge on any atom is 0.214 e. The fourth-order valence-corrected chi connectivity index (χ4v) is 3.83. The molecule has 1 saturated heterocycles. The van der Waals surface area contributed by atoms with Gasteiger partial charge in [0, 0.05) is 29.7 Å². The van der Waals surface area contributed by atoms with Crippen molar-refractivity contribution in [1.29, 1.82) is 0 Å². The van der Waals surface area contributed by atoms with Crippen LogP contribution in [-0.2, 0) is 11.2 Å². The molecule has 0 spiro atoms. The summed E-state index contributed by atoms with van der Waals surface area (Å²) in [7, 11) is 2.18. The van der Waals surface area contributed by atoms with Crippen LogP contribution in [-0.4, -0.2) is 43.0 Å². The van der Waals surface area contributed by atoms with Gasteiger partial charge in [0.25, 0.3) is 0 Å². The van der Waals surface area contributed by atoms with Gasteiger partial charge in [-0.25, -0.2) is 0 Å². The van der Waals surface area contributed by atoms with Crippen LogP contribution < -0.4 is 4.90 Å². The van der Waals surface area contributed by atoms with Crippen LogP contribution in [0.4, 0.5) is 5.69 Å². The summed E-state index contributed by atoms with van der Waals surface area (Å²) in [5, 5.41) is 2.49. The Labute approximate surface area is 130 Å². The van der Waals surface area contributed by atoms with E-state index in [9.17, 15) is 4.79 Å². The molecule has 0 N–H and O–H groups in total. The molecule has 3 heterocycles. The average Bonchev–Trinajstić information content (AvgIpc) is 2.95. The van der Waals surface area contributed by atoms with Gasteiger partial charge in [0.1, 0.15) is 0 Å². The van der Waals surface area contributed by atoms with Crippen LogP contribution in [0.25, 0.3) is 10.8 Å². The van der Waals surface area contributed by atoms with E-state index in [-0.39, 0.29) is 0 Å². The summed E-state index contributed by atoms with van der Waals surface area (Å²) >= 11 is 0. The van der Waals surface area contributed by atoms with Gasteiger partial charge in [-0.3, -0.25) is 9.78 Å². The molecule has 2 aliphatic heterocycles. The number of fused-ring (bicyclic) bond motifs is 2. The summed E-state index contributed by atoms with van der Waals surface area (Å²) in [5.74, 6) is 0.532. The summed E-state index contributed by atoms with van der Waals surface area (Å²) in [6.45, 7) is 3.06. The summed E-state index contributed by atoms with van der Waals surface area (Å²) in [4.78, 5) is 20.1. The van der Waals surface area contributed by atoms with E-state index in [4.69, 9.17) is 4.98 Å². The fourth-order valence-electron chi connectivity index (χ4n) is 3.83. The quantitative estimate of drug-likeness (QED) is 0.799. The molecule has 4 heteroatoms. The van der Waals surface area contributed by atoms with Gasteiger partial charge >= 0.3 is 0 Å². The smallest absolute Gasteiger partial charge is 0.214 e. The molecule has 0 aliphatic carbocycles. The SMILES string of the molecule is CN1CCC(c2nccc3cc4c(cc23)N(C=O)CC4)CC1. The highest BCUT2D eigenvalue weighted by Crippen LogP contribution is 2.36. The van der Waals surface area contributed by atoms with Crippen LogP contribution in [0.1, 0.15) is 30.0 Å². The molecular weight excluding hydrogens is 274 g/mol. The minimum atomic E-state index is 0.532. The van der Waals surface area contributed by atoms with Gasteiger partial charge in [0.15, 0.2) is 0 Å². The molecule has 114 valence electrons. The summed E-state index contributed by atoms with van der Waals surface area (Å²) in [5.41, 5.74) is 3.57. The summed E-state index contributed by atoms with van der Waals surface area (Å²) < 4.78 is 0. The number of benzene rings is 1. The monoisotopic (exact) mass is 295 g/mol. The number of nitrogens with zero attached hydrogens (tertiary/aromatic N) is 3. The zero-order valence-corrected chi connectivity index (χ0v) is 13.0. The highest BCUT2D eigenvalue weighted by Gasteiger charge is 2.24. The number of likely N-dealkylation sites (tertiary alicyclic amines) is 1. The molecule has 0 atom stereocenters. The lowest BCUT2D eigenvalue weighted by Crippen LogP contribution is -2.29. The van der Waals surface area contributed by atoms with Crippen molar-refractivity contribution < 1.29 is 4.79 Å². The number of piperidine rings is 1. The Morgan fingerprint density at radius 2 is 2.05 bits per heavy atom. The molecule has 0 radical (unpaired) electrons. The topological polar surface area (TPSA) is 36.4 Å². The van der Waals surface area contributed by atoms with Crippen LogP contribution in [0.15, 0.2) is 24.4 Å². The van der Waals surface area contributed by atoms with Gasteiger partial charge in [0.2, 0.25) is 6.41 Å². The van der Waals surface area contributed by atoms with Crippen molar-refractivity contribution in [3.05, 3.63) is 35.7 Å². The van der Waals surface area contributed by atoms with Crippen molar-refractivity contribution in [2.45, 2.75) is 25.2 Å². The number of aromatic nitrogens is 1. The third-order valence-corrected chi connectivity index (χ3v) is 5.16. The van der Waals surface area contributed by atoms with E-state index in [2.05, 4.69) is 30.1 Å². The number of carbonyl (C=O) groups excluding carboxylic acids is 1. The second-order valence-electron chi connectivity index (χ2n) is 6.52. The van der Waals surface area contributed by atoms with Crippen LogP contribution >= 0.6 is 0 Å². The number of amides is 1. The molecule has 4 rings (SSSR count). The Bertz CT molecular complexity index is 720. The third kappa shape index (κ3) is 2.18. The first-order chi connectivity index (χ1) is 10.8. The van der Waals surface area contributed by atoms with E-state index in [0.717, 1.165) is 51.0 Å². The van der Waals surface area contributed by atoms with E-state index >= 15 is 0 Å². The molecule has 0 saturated carbocycles. The predicted molar refractivity (Wildman–Crippen MR) is 88.3 cm³/mol. The summed E-state index contributed by atoms with van der Waals surface area (Å²) in [6, 6.07) is 6.53. The molecule has 1 fully saturated rings. The lowest BCUT2D eigenvalue weighted by atomic mass is 9.90. The van der Waals surface area contributed by atoms with Crippen LogP contribution in [0.5, 0.6) is 0 Å². The molecule has 0 unspecified atom stereocenters. The molecule has 1 amide bonds. The normalized spacial score (nSPS) is 19.6. The number of anilines is 1. The van der Waals surface area contributed by atoms with Gasteiger partial charge in [-0.2, -0.15) is 0 Å². The highest BCUT2D eigenvalue weighted by molar-refractivity contribution is 5.93. The zero-order chi connectivity index (χ0) is 15.1. The Morgan fingerprint density at radius 3 is 2.82 bits per heavy atom. The maximum atomic E-state index is 11.2. The molecule has 2 aliphatic rings. The van der Waals surface area contributed by atoms with E-state index in [1.807, 2.05) is 11.1 Å². The first-order valence-corrected chi connectivity index (χ1v) is 8.08. The van der Waals surface area contributed by atoms with E-state index < -0.39 is 0 Å². The minimum absolute atomic E-state index is 0.532. The lowest BCUT2D eigenvalue weighted by molar-refractivity contribution is -0.107. The highest BCUT2D eigenvalue weighted by atomic mass is 16.1. The number of hydrogen-bond acceptors (Lipinski definition) is 3. The molecule has 1 aromatic carbocycles. The van der Waals surface area contributed by atoms with Crippen molar-refractivity contribution in [3.8, 4) is 0 Å². The number of carbonyl (C=O) groups is 1. The molecule has 1 aromatic heterocycles. The summed E-state index contributed by atoms with van der Waals surface area (Å²) in [6.07, 6.45) is 6.17. The van der Waals surface area contributed by atoms with E-state index in [0.29, 0.717) is 5.92 Å². The fraction of sp³-hybridized carbons (Fsp3) is 0.444. The van der Waals surface area contributed by atoms with Gasteiger partial charge in [-0.1, -0.05) is 0 Å². The average molecular weight is 295 g/mol. The Balaban J connectivity index is 1.80. The molecular formula is C18H21N3O. The third-order valence-electron chi connectivity index (χ3n) is 5.16. The largest absolute Gasteiger partial charge is 0.314 e. The van der Waals surface area contributed by atoms with E-state index in [1.54, 1.807) is 0 Å². The molecule has 0 bridgehead atoms. The van der Waals surface area contributed by atoms with Gasteiger partial charge < -0.3 is 9.80 Å². The van der Waals surface area contributed by atoms with Crippen LogP contribution in [0.3, 0.4) is 0 Å². The molecule has 4 nitrogen and oxygen atoms in total. The Kier molecular flexibility index (Phi) is 3.34. The Morgan fingerprint density at radius 1 is 1.23 bits per heavy atom. The number of rotatable bonds is 2. The number of hydrogen-bond donors (Lipinski definition) is 0. The zero-order valence-electron chi connectivity index (χ0n) is 13.0.